The number of nitrogens with one attached hydrogen (secondary N) is 2. The second-order valence-corrected chi connectivity index (χ2v) is 7.92. The highest BCUT2D eigenvalue weighted by Gasteiger charge is 2.61. The van der Waals surface area contributed by atoms with Crippen molar-refractivity contribution in [3.8, 4) is 0 Å². The molecule has 2 aromatic carbocycles. The van der Waals surface area contributed by atoms with Gasteiger partial charge in [0, 0.05) is 53.1 Å². The third-order valence-electron chi connectivity index (χ3n) is 5.98. The van der Waals surface area contributed by atoms with Crippen molar-refractivity contribution >= 4 is 11.8 Å². The van der Waals surface area contributed by atoms with Crippen molar-refractivity contribution in [2.24, 2.45) is 0 Å². The summed E-state index contributed by atoms with van der Waals surface area (Å²) < 4.78 is 31.8. The summed E-state index contributed by atoms with van der Waals surface area (Å²) in [5.41, 5.74) is 0.165. The van der Waals surface area contributed by atoms with E-state index in [4.69, 9.17) is 14.2 Å². The van der Waals surface area contributed by atoms with Crippen LogP contribution in [-0.2, 0) is 14.2 Å². The number of benzene rings is 2. The zero-order chi connectivity index (χ0) is 24.8. The third kappa shape index (κ3) is 4.96. The van der Waals surface area contributed by atoms with E-state index < -0.39 is 29.4 Å². The number of halogens is 1. The Balaban J connectivity index is 2.07. The molecule has 1 saturated heterocycles. The molecular formula is C24H31FN4O5. The molecule has 1 unspecified atom stereocenters. The van der Waals surface area contributed by atoms with E-state index in [9.17, 15) is 14.0 Å². The lowest BCUT2D eigenvalue weighted by molar-refractivity contribution is -0.370. The van der Waals surface area contributed by atoms with E-state index in [1.54, 1.807) is 41.3 Å². The van der Waals surface area contributed by atoms with Crippen LogP contribution in [0.5, 0.6) is 0 Å². The number of carbonyl (C=O) groups excluding carboxylic acids is 2. The molecule has 0 aromatic heterocycles. The second kappa shape index (κ2) is 11.0. The summed E-state index contributed by atoms with van der Waals surface area (Å²) in [6.45, 7) is 2.18. The number of likely N-dealkylation sites (N-methyl/N-ethyl adjacent to an activating group) is 1. The summed E-state index contributed by atoms with van der Waals surface area (Å²) in [4.78, 5) is 30.4. The van der Waals surface area contributed by atoms with Gasteiger partial charge in [0.2, 0.25) is 0 Å². The molecule has 0 spiro atoms. The average molecular weight is 475 g/mol. The van der Waals surface area contributed by atoms with Gasteiger partial charge in [0.15, 0.2) is 0 Å². The van der Waals surface area contributed by atoms with E-state index in [1.807, 2.05) is 7.05 Å². The highest BCUT2D eigenvalue weighted by Crippen LogP contribution is 2.32. The predicted octanol–water partition coefficient (Wildman–Crippen LogP) is 1.48. The first-order chi connectivity index (χ1) is 16.3. The van der Waals surface area contributed by atoms with Crippen LogP contribution in [0.3, 0.4) is 0 Å². The van der Waals surface area contributed by atoms with Crippen LogP contribution < -0.4 is 10.6 Å². The van der Waals surface area contributed by atoms with Crippen molar-refractivity contribution in [2.45, 2.75) is 11.8 Å². The maximum Gasteiger partial charge on any atom is 0.317 e. The smallest absolute Gasteiger partial charge is 0.317 e. The maximum absolute atomic E-state index is 14.5. The Kier molecular flexibility index (Phi) is 8.34. The molecule has 1 aliphatic rings. The number of methoxy groups -OCH3 is 3. The zero-order valence-corrected chi connectivity index (χ0v) is 19.8. The van der Waals surface area contributed by atoms with Crippen LogP contribution in [-0.4, -0.2) is 87.9 Å². The molecule has 1 aliphatic heterocycles. The van der Waals surface area contributed by atoms with Gasteiger partial charge in [-0.15, -0.1) is 0 Å². The molecule has 3 rings (SSSR count). The molecule has 184 valence electrons. The predicted molar refractivity (Wildman–Crippen MR) is 123 cm³/mol. The molecule has 2 amide bonds. The Morgan fingerprint density at radius 2 is 1.41 bits per heavy atom. The number of nitrogens with zero attached hydrogens (tertiary/aromatic N) is 2. The lowest BCUT2D eigenvalue weighted by Gasteiger charge is -2.53. The van der Waals surface area contributed by atoms with E-state index in [2.05, 4.69) is 15.5 Å². The topological polar surface area (TPSA) is 92.4 Å². The van der Waals surface area contributed by atoms with Gasteiger partial charge in [-0.3, -0.25) is 14.9 Å². The third-order valence-corrected chi connectivity index (χ3v) is 5.98. The summed E-state index contributed by atoms with van der Waals surface area (Å²) in [7, 11) is 5.99. The lowest BCUT2D eigenvalue weighted by Crippen LogP contribution is -2.81. The van der Waals surface area contributed by atoms with Gasteiger partial charge in [-0.1, -0.05) is 30.3 Å². The Bertz CT molecular complexity index is 980. The minimum atomic E-state index is -1.99. The molecule has 10 heteroatoms. The zero-order valence-electron chi connectivity index (χ0n) is 19.8. The lowest BCUT2D eigenvalue weighted by atomic mass is 10.1. The van der Waals surface area contributed by atoms with Gasteiger partial charge in [0.05, 0.1) is 5.56 Å². The first-order valence-electron chi connectivity index (χ1n) is 10.9. The molecule has 0 radical (unpaired) electrons. The summed E-state index contributed by atoms with van der Waals surface area (Å²) >= 11 is 0. The molecule has 1 heterocycles. The van der Waals surface area contributed by atoms with E-state index in [1.165, 1.54) is 39.5 Å². The molecule has 2 aromatic rings. The minimum absolute atomic E-state index is 0.187. The largest absolute Gasteiger partial charge is 0.340 e. The highest BCUT2D eigenvalue weighted by atomic mass is 19.1. The molecule has 2 N–H and O–H groups in total. The Labute approximate surface area is 198 Å². The van der Waals surface area contributed by atoms with Gasteiger partial charge in [-0.2, -0.15) is 0 Å². The number of ether oxygens (including phenoxy) is 3. The number of amides is 2. The van der Waals surface area contributed by atoms with Crippen molar-refractivity contribution in [2.75, 3.05) is 54.6 Å². The van der Waals surface area contributed by atoms with Crippen molar-refractivity contribution in [1.29, 1.82) is 0 Å². The molecule has 1 atom stereocenters. The van der Waals surface area contributed by atoms with Crippen molar-refractivity contribution in [1.82, 2.24) is 20.4 Å². The first kappa shape index (κ1) is 25.7. The van der Waals surface area contributed by atoms with Crippen molar-refractivity contribution in [3.63, 3.8) is 0 Å². The van der Waals surface area contributed by atoms with Crippen LogP contribution in [0.25, 0.3) is 0 Å². The average Bonchev–Trinajstić information content (AvgIpc) is 2.87. The van der Waals surface area contributed by atoms with E-state index in [0.29, 0.717) is 31.7 Å². The van der Waals surface area contributed by atoms with Gasteiger partial charge in [-0.25, -0.2) is 9.29 Å². The van der Waals surface area contributed by atoms with Gasteiger partial charge in [-0.05, 0) is 31.3 Å². The first-order valence-corrected chi connectivity index (χ1v) is 10.9. The van der Waals surface area contributed by atoms with E-state index in [0.717, 1.165) is 0 Å². The van der Waals surface area contributed by atoms with Crippen LogP contribution in [0.2, 0.25) is 0 Å². The van der Waals surface area contributed by atoms with Crippen molar-refractivity contribution in [3.05, 3.63) is 71.5 Å². The summed E-state index contributed by atoms with van der Waals surface area (Å²) in [6.07, 6.45) is 0. The fourth-order valence-corrected chi connectivity index (χ4v) is 4.03. The summed E-state index contributed by atoms with van der Waals surface area (Å²) in [6, 6.07) is 14.1. The molecule has 1 fully saturated rings. The van der Waals surface area contributed by atoms with Gasteiger partial charge >= 0.3 is 5.91 Å². The van der Waals surface area contributed by atoms with Crippen LogP contribution >= 0.6 is 0 Å². The minimum Gasteiger partial charge on any atom is -0.340 e. The Hall–Kier alpha value is -2.89. The molecule has 0 saturated carbocycles. The normalized spacial score (nSPS) is 17.1. The summed E-state index contributed by atoms with van der Waals surface area (Å²) in [5, 5.41) is 5.51. The Morgan fingerprint density at radius 3 is 1.97 bits per heavy atom. The summed E-state index contributed by atoms with van der Waals surface area (Å²) in [5.74, 6) is -5.81. The fourth-order valence-electron chi connectivity index (χ4n) is 4.03. The Morgan fingerprint density at radius 1 is 0.824 bits per heavy atom. The monoisotopic (exact) mass is 474 g/mol. The SMILES string of the molecule is COC(NC(=O)c1ccccc1)(OC)C(NC(=O)c1ccccc1F)(OC)N1CCN(C)CC1. The van der Waals surface area contributed by atoms with Crippen molar-refractivity contribution < 1.29 is 28.2 Å². The van der Waals surface area contributed by atoms with Crippen LogP contribution in [0.4, 0.5) is 4.39 Å². The molecule has 0 aliphatic carbocycles. The van der Waals surface area contributed by atoms with Crippen LogP contribution in [0.15, 0.2) is 54.6 Å². The molecule has 9 nitrogen and oxygen atoms in total. The van der Waals surface area contributed by atoms with E-state index >= 15 is 0 Å². The van der Waals surface area contributed by atoms with Gasteiger partial charge < -0.3 is 24.4 Å². The number of hydrogen-bond acceptors (Lipinski definition) is 7. The number of piperazine rings is 1. The molecule has 0 bridgehead atoms. The number of rotatable bonds is 9. The quantitative estimate of drug-likeness (QED) is 0.532. The molecule has 34 heavy (non-hydrogen) atoms. The fraction of sp³-hybridized carbons (Fsp3) is 0.417. The van der Waals surface area contributed by atoms with E-state index in [-0.39, 0.29) is 5.56 Å². The number of hydrogen-bond donors (Lipinski definition) is 2. The van der Waals surface area contributed by atoms with Gasteiger partial charge in [0.25, 0.3) is 17.7 Å². The second-order valence-electron chi connectivity index (χ2n) is 7.92. The maximum atomic E-state index is 14.5. The van der Waals surface area contributed by atoms with Crippen LogP contribution in [0, 0.1) is 5.82 Å². The van der Waals surface area contributed by atoms with Crippen LogP contribution in [0.1, 0.15) is 20.7 Å². The highest BCUT2D eigenvalue weighted by molar-refractivity contribution is 5.96. The standard InChI is InChI=1S/C24H31FN4O5/c1-28-14-16-29(17-15-28)23(32-2,26-22(31)19-12-8-9-13-20(19)25)24(33-3,34-4)27-21(30)18-10-6-5-7-11-18/h5-13H,14-17H2,1-4H3,(H,26,31)(H,27,30). The molecular weight excluding hydrogens is 443 g/mol. The number of carbonyl (C=O) groups is 2. The van der Waals surface area contributed by atoms with Gasteiger partial charge in [0.1, 0.15) is 5.82 Å².